The van der Waals surface area contributed by atoms with Crippen LogP contribution >= 0.6 is 0 Å². The van der Waals surface area contributed by atoms with Gasteiger partial charge in [-0.1, -0.05) is 12.1 Å². The van der Waals surface area contributed by atoms with Crippen molar-refractivity contribution in [2.45, 2.75) is 25.0 Å². The van der Waals surface area contributed by atoms with E-state index in [1.54, 1.807) is 14.2 Å². The molecule has 5 heteroatoms. The van der Waals surface area contributed by atoms with E-state index in [2.05, 4.69) is 34.3 Å². The molecule has 1 N–H and O–H groups in total. The number of benzene rings is 1. The van der Waals surface area contributed by atoms with Gasteiger partial charge in [0.15, 0.2) is 0 Å². The summed E-state index contributed by atoms with van der Waals surface area (Å²) < 4.78 is 5.29. The summed E-state index contributed by atoms with van der Waals surface area (Å²) in [6, 6.07) is 8.80. The second kappa shape index (κ2) is 6.26. The van der Waals surface area contributed by atoms with Crippen molar-refractivity contribution in [3.8, 4) is 5.75 Å². The normalized spacial score (nSPS) is 28.6. The average molecular weight is 303 g/mol. The summed E-state index contributed by atoms with van der Waals surface area (Å²) >= 11 is 0. The van der Waals surface area contributed by atoms with Crippen LogP contribution in [0, 0.1) is 5.92 Å². The number of hydrogen-bond acceptors (Lipinski definition) is 4. The van der Waals surface area contributed by atoms with Crippen LogP contribution in [0.1, 0.15) is 12.0 Å². The monoisotopic (exact) mass is 303 g/mol. The minimum Gasteiger partial charge on any atom is -0.497 e. The molecular weight excluding hydrogens is 278 g/mol. The first-order valence-electron chi connectivity index (χ1n) is 7.91. The van der Waals surface area contributed by atoms with Crippen LogP contribution in [-0.4, -0.2) is 62.1 Å². The SMILES string of the molecule is CNC(=O)[C@@H]1C[C@@H]2CN(Cc3cccc(OC)c3)C[C@@H]2N1C. The lowest BCUT2D eigenvalue weighted by Crippen LogP contribution is -2.44. The van der Waals surface area contributed by atoms with Crippen molar-refractivity contribution in [3.63, 3.8) is 0 Å². The van der Waals surface area contributed by atoms with E-state index in [-0.39, 0.29) is 11.9 Å². The lowest BCUT2D eigenvalue weighted by molar-refractivity contribution is -0.125. The number of hydrogen-bond donors (Lipinski definition) is 1. The third kappa shape index (κ3) is 2.83. The van der Waals surface area contributed by atoms with Crippen LogP contribution in [0.5, 0.6) is 5.75 Å². The molecule has 1 aromatic carbocycles. The Labute approximate surface area is 132 Å². The molecule has 0 radical (unpaired) electrons. The van der Waals surface area contributed by atoms with Gasteiger partial charge in [0.2, 0.25) is 5.91 Å². The molecule has 2 heterocycles. The lowest BCUT2D eigenvalue weighted by atomic mass is 10.0. The molecular formula is C17H25N3O2. The van der Waals surface area contributed by atoms with Gasteiger partial charge in [0, 0.05) is 32.7 Å². The number of carbonyl (C=O) groups is 1. The molecule has 0 spiro atoms. The van der Waals surface area contributed by atoms with E-state index in [9.17, 15) is 4.79 Å². The average Bonchev–Trinajstić information content (AvgIpc) is 3.06. The van der Waals surface area contributed by atoms with E-state index in [4.69, 9.17) is 4.74 Å². The van der Waals surface area contributed by atoms with Crippen molar-refractivity contribution >= 4 is 5.91 Å². The number of nitrogens with zero attached hydrogens (tertiary/aromatic N) is 2. The van der Waals surface area contributed by atoms with Gasteiger partial charge in [-0.05, 0) is 37.1 Å². The Hall–Kier alpha value is -1.59. The smallest absolute Gasteiger partial charge is 0.237 e. The highest BCUT2D eigenvalue weighted by atomic mass is 16.5. The molecule has 3 rings (SSSR count). The van der Waals surface area contributed by atoms with E-state index in [1.165, 1.54) is 5.56 Å². The minimum absolute atomic E-state index is 0.0407. The molecule has 0 bridgehead atoms. The predicted octanol–water partition coefficient (Wildman–Crippen LogP) is 0.946. The lowest BCUT2D eigenvalue weighted by Gasteiger charge is -2.25. The first kappa shape index (κ1) is 15.3. The Morgan fingerprint density at radius 1 is 1.41 bits per heavy atom. The Morgan fingerprint density at radius 2 is 2.23 bits per heavy atom. The summed E-state index contributed by atoms with van der Waals surface area (Å²) in [7, 11) is 5.51. The highest BCUT2D eigenvalue weighted by molar-refractivity contribution is 5.81. The summed E-state index contributed by atoms with van der Waals surface area (Å²) in [4.78, 5) is 16.7. The molecule has 2 saturated heterocycles. The van der Waals surface area contributed by atoms with Gasteiger partial charge in [-0.3, -0.25) is 14.6 Å². The molecule has 22 heavy (non-hydrogen) atoms. The number of fused-ring (bicyclic) bond motifs is 1. The zero-order chi connectivity index (χ0) is 15.7. The molecule has 120 valence electrons. The molecule has 0 unspecified atom stereocenters. The first-order valence-corrected chi connectivity index (χ1v) is 7.91. The molecule has 0 aliphatic carbocycles. The second-order valence-electron chi connectivity index (χ2n) is 6.40. The Balaban J connectivity index is 1.61. The van der Waals surface area contributed by atoms with Crippen molar-refractivity contribution < 1.29 is 9.53 Å². The Bertz CT molecular complexity index is 548. The molecule has 2 fully saturated rings. The summed E-state index contributed by atoms with van der Waals surface area (Å²) in [6.07, 6.45) is 0.968. The third-order valence-corrected chi connectivity index (χ3v) is 5.11. The van der Waals surface area contributed by atoms with Crippen LogP contribution in [-0.2, 0) is 11.3 Å². The van der Waals surface area contributed by atoms with E-state index in [0.29, 0.717) is 12.0 Å². The molecule has 0 aromatic heterocycles. The van der Waals surface area contributed by atoms with Crippen molar-refractivity contribution in [1.29, 1.82) is 0 Å². The number of methoxy groups -OCH3 is 1. The summed E-state index contributed by atoms with van der Waals surface area (Å²) in [6.45, 7) is 3.05. The highest BCUT2D eigenvalue weighted by Gasteiger charge is 2.46. The zero-order valence-electron chi connectivity index (χ0n) is 13.6. The predicted molar refractivity (Wildman–Crippen MR) is 85.8 cm³/mol. The van der Waals surface area contributed by atoms with Crippen LogP contribution in [0.15, 0.2) is 24.3 Å². The number of amides is 1. The highest BCUT2D eigenvalue weighted by Crippen LogP contribution is 2.35. The number of likely N-dealkylation sites (N-methyl/N-ethyl adjacent to an activating group) is 2. The quantitative estimate of drug-likeness (QED) is 0.899. The minimum atomic E-state index is 0.0407. The number of nitrogens with one attached hydrogen (secondary N) is 1. The standard InChI is InChI=1S/C17H25N3O2/c1-18-17(21)15-8-13-10-20(11-16(13)19(15)2)9-12-5-4-6-14(7-12)22-3/h4-7,13,15-16H,8-11H2,1-3H3,(H,18,21)/t13-,15+,16+/m1/s1. The van der Waals surface area contributed by atoms with Crippen molar-refractivity contribution in [1.82, 2.24) is 15.1 Å². The van der Waals surface area contributed by atoms with Gasteiger partial charge in [0.25, 0.3) is 0 Å². The molecule has 2 aliphatic rings. The fourth-order valence-corrected chi connectivity index (χ4v) is 3.94. The molecule has 0 saturated carbocycles. The van der Waals surface area contributed by atoms with Gasteiger partial charge >= 0.3 is 0 Å². The maximum absolute atomic E-state index is 11.9. The Kier molecular flexibility index (Phi) is 4.36. The van der Waals surface area contributed by atoms with Gasteiger partial charge in [-0.2, -0.15) is 0 Å². The van der Waals surface area contributed by atoms with Crippen LogP contribution in [0.3, 0.4) is 0 Å². The largest absolute Gasteiger partial charge is 0.497 e. The molecule has 3 atom stereocenters. The zero-order valence-corrected chi connectivity index (χ0v) is 13.6. The van der Waals surface area contributed by atoms with E-state index in [1.807, 2.05) is 12.1 Å². The van der Waals surface area contributed by atoms with E-state index in [0.717, 1.165) is 31.8 Å². The molecule has 1 aromatic rings. The van der Waals surface area contributed by atoms with Crippen molar-refractivity contribution in [2.75, 3.05) is 34.3 Å². The maximum Gasteiger partial charge on any atom is 0.237 e. The Morgan fingerprint density at radius 3 is 2.91 bits per heavy atom. The first-order chi connectivity index (χ1) is 10.6. The second-order valence-corrected chi connectivity index (χ2v) is 6.40. The summed E-state index contributed by atoms with van der Waals surface area (Å²) in [5.41, 5.74) is 1.28. The number of rotatable bonds is 4. The van der Waals surface area contributed by atoms with Gasteiger partial charge in [-0.15, -0.1) is 0 Å². The van der Waals surface area contributed by atoms with Crippen molar-refractivity contribution in [3.05, 3.63) is 29.8 Å². The van der Waals surface area contributed by atoms with Gasteiger partial charge in [0.05, 0.1) is 13.2 Å². The van der Waals surface area contributed by atoms with Crippen LogP contribution < -0.4 is 10.1 Å². The molecule has 5 nitrogen and oxygen atoms in total. The van der Waals surface area contributed by atoms with Crippen LogP contribution in [0.4, 0.5) is 0 Å². The van der Waals surface area contributed by atoms with Gasteiger partial charge in [-0.25, -0.2) is 0 Å². The third-order valence-electron chi connectivity index (χ3n) is 5.11. The summed E-state index contributed by atoms with van der Waals surface area (Å²) in [5, 5.41) is 2.78. The van der Waals surface area contributed by atoms with Crippen LogP contribution in [0.25, 0.3) is 0 Å². The van der Waals surface area contributed by atoms with E-state index >= 15 is 0 Å². The number of likely N-dealkylation sites (tertiary alicyclic amines) is 2. The fraction of sp³-hybridized carbons (Fsp3) is 0.588. The van der Waals surface area contributed by atoms with Crippen molar-refractivity contribution in [2.24, 2.45) is 5.92 Å². The molecule has 1 amide bonds. The van der Waals surface area contributed by atoms with Gasteiger partial charge < -0.3 is 10.1 Å². The molecule has 2 aliphatic heterocycles. The summed E-state index contributed by atoms with van der Waals surface area (Å²) in [5.74, 6) is 1.66. The van der Waals surface area contributed by atoms with Crippen LogP contribution in [0.2, 0.25) is 0 Å². The maximum atomic E-state index is 11.9. The number of carbonyl (C=O) groups excluding carboxylic acids is 1. The van der Waals surface area contributed by atoms with Gasteiger partial charge in [0.1, 0.15) is 5.75 Å². The fourth-order valence-electron chi connectivity index (χ4n) is 3.94. The number of ether oxygens (including phenoxy) is 1. The van der Waals surface area contributed by atoms with E-state index < -0.39 is 0 Å². The topological polar surface area (TPSA) is 44.8 Å².